The summed E-state index contributed by atoms with van der Waals surface area (Å²) in [7, 11) is 1.70. The van der Waals surface area contributed by atoms with Gasteiger partial charge < -0.3 is 9.30 Å². The second-order valence-corrected chi connectivity index (χ2v) is 8.09. The van der Waals surface area contributed by atoms with Crippen molar-refractivity contribution in [2.75, 3.05) is 18.6 Å². The molecule has 0 saturated heterocycles. The summed E-state index contributed by atoms with van der Waals surface area (Å²) in [6.07, 6.45) is 0. The van der Waals surface area contributed by atoms with Crippen molar-refractivity contribution in [3.05, 3.63) is 52.8 Å². The van der Waals surface area contributed by atoms with Gasteiger partial charge in [0.25, 0.3) is 0 Å². The highest BCUT2D eigenvalue weighted by atomic mass is 32.2. The topological polar surface area (TPSA) is 60.2 Å². The number of methoxy groups -OCH3 is 1. The zero-order valence-electron chi connectivity index (χ0n) is 16.5. The van der Waals surface area contributed by atoms with Crippen LogP contribution in [0.5, 0.6) is 0 Å². The van der Waals surface area contributed by atoms with Gasteiger partial charge in [0.2, 0.25) is 5.91 Å². The number of carbonyl (C=O) groups is 1. The highest BCUT2D eigenvalue weighted by molar-refractivity contribution is 7.98. The maximum atomic E-state index is 12.2. The molecule has 148 valence electrons. The van der Waals surface area contributed by atoms with Crippen LogP contribution in [0.1, 0.15) is 24.0 Å². The lowest BCUT2D eigenvalue weighted by molar-refractivity contribution is -0.115. The van der Waals surface area contributed by atoms with Crippen molar-refractivity contribution in [1.29, 1.82) is 0 Å². The van der Waals surface area contributed by atoms with Gasteiger partial charge in [0.05, 0.1) is 23.7 Å². The fourth-order valence-corrected chi connectivity index (χ4v) is 4.79. The van der Waals surface area contributed by atoms with Crippen molar-refractivity contribution in [2.24, 2.45) is 0 Å². The van der Waals surface area contributed by atoms with Crippen LogP contribution in [0.4, 0.5) is 10.8 Å². The Labute approximate surface area is 173 Å². The maximum absolute atomic E-state index is 12.2. The van der Waals surface area contributed by atoms with Crippen LogP contribution in [0.2, 0.25) is 0 Å². The van der Waals surface area contributed by atoms with Gasteiger partial charge in [-0.1, -0.05) is 30.0 Å². The number of carbonyl (C=O) groups excluding carboxylic acids is 1. The zero-order chi connectivity index (χ0) is 20.1. The number of hydrogen-bond acceptors (Lipinski definition) is 6. The highest BCUT2D eigenvalue weighted by Crippen LogP contribution is 2.31. The van der Waals surface area contributed by atoms with Crippen LogP contribution in [0, 0.1) is 13.8 Å². The lowest BCUT2D eigenvalue weighted by Crippen LogP contribution is -2.22. The fourth-order valence-electron chi connectivity index (χ4n) is 2.79. The minimum atomic E-state index is -0.0545. The summed E-state index contributed by atoms with van der Waals surface area (Å²) in [4.78, 5) is 23.2. The van der Waals surface area contributed by atoms with E-state index in [1.54, 1.807) is 30.7 Å². The largest absolute Gasteiger partial charge is 0.383 e. The van der Waals surface area contributed by atoms with E-state index in [1.165, 1.54) is 11.3 Å². The van der Waals surface area contributed by atoms with Crippen molar-refractivity contribution in [1.82, 2.24) is 14.5 Å². The molecule has 28 heavy (non-hydrogen) atoms. The SMILES string of the molecule is COCCn1c(SCc2csc(N(C(C)=O)c3ccccc3)n2)nc(C)c1C. The first kappa shape index (κ1) is 20.6. The van der Waals surface area contributed by atoms with E-state index >= 15 is 0 Å². The van der Waals surface area contributed by atoms with Crippen LogP contribution in [0.15, 0.2) is 40.9 Å². The van der Waals surface area contributed by atoms with Crippen molar-refractivity contribution >= 4 is 39.8 Å². The molecule has 0 aliphatic carbocycles. The van der Waals surface area contributed by atoms with Crippen molar-refractivity contribution in [2.45, 2.75) is 38.2 Å². The molecule has 1 aromatic carbocycles. The number of ether oxygens (including phenoxy) is 1. The lowest BCUT2D eigenvalue weighted by Gasteiger charge is -2.17. The molecule has 0 unspecified atom stereocenters. The molecule has 0 bridgehead atoms. The van der Waals surface area contributed by atoms with Crippen LogP contribution >= 0.6 is 23.1 Å². The van der Waals surface area contributed by atoms with E-state index in [0.29, 0.717) is 17.5 Å². The monoisotopic (exact) mass is 416 g/mol. The Kier molecular flexibility index (Phi) is 6.88. The predicted octanol–water partition coefficient (Wildman–Crippen LogP) is 4.58. The summed E-state index contributed by atoms with van der Waals surface area (Å²) in [6, 6.07) is 9.59. The molecule has 2 aromatic heterocycles. The molecule has 0 fully saturated rings. The van der Waals surface area contributed by atoms with Crippen LogP contribution in [0.25, 0.3) is 0 Å². The minimum absolute atomic E-state index is 0.0545. The average molecular weight is 417 g/mol. The Balaban J connectivity index is 1.75. The van der Waals surface area contributed by atoms with Crippen LogP contribution in [0.3, 0.4) is 0 Å². The number of hydrogen-bond donors (Lipinski definition) is 0. The second-order valence-electron chi connectivity index (χ2n) is 6.31. The first-order valence-electron chi connectivity index (χ1n) is 8.97. The number of thiazole rings is 1. The Morgan fingerprint density at radius 1 is 1.25 bits per heavy atom. The van der Waals surface area contributed by atoms with Gasteiger partial charge in [-0.3, -0.25) is 9.69 Å². The quantitative estimate of drug-likeness (QED) is 0.503. The molecule has 6 nitrogen and oxygen atoms in total. The highest BCUT2D eigenvalue weighted by Gasteiger charge is 2.18. The van der Waals surface area contributed by atoms with Gasteiger partial charge in [-0.2, -0.15) is 0 Å². The Bertz CT molecular complexity index is 937. The summed E-state index contributed by atoms with van der Waals surface area (Å²) < 4.78 is 7.40. The van der Waals surface area contributed by atoms with E-state index in [-0.39, 0.29) is 5.91 Å². The van der Waals surface area contributed by atoms with Crippen LogP contribution < -0.4 is 4.90 Å². The number of nitrogens with zero attached hydrogens (tertiary/aromatic N) is 4. The van der Waals surface area contributed by atoms with Gasteiger partial charge >= 0.3 is 0 Å². The first-order chi connectivity index (χ1) is 13.5. The summed E-state index contributed by atoms with van der Waals surface area (Å²) in [6.45, 7) is 7.08. The van der Waals surface area contributed by atoms with E-state index in [0.717, 1.165) is 34.5 Å². The van der Waals surface area contributed by atoms with E-state index < -0.39 is 0 Å². The van der Waals surface area contributed by atoms with Crippen molar-refractivity contribution < 1.29 is 9.53 Å². The predicted molar refractivity (Wildman–Crippen MR) is 115 cm³/mol. The van der Waals surface area contributed by atoms with Crippen molar-refractivity contribution in [3.63, 3.8) is 0 Å². The first-order valence-corrected chi connectivity index (χ1v) is 10.8. The van der Waals surface area contributed by atoms with Gasteiger partial charge in [0.1, 0.15) is 0 Å². The molecule has 2 heterocycles. The molecule has 8 heteroatoms. The molecule has 3 rings (SSSR count). The van der Waals surface area contributed by atoms with E-state index in [2.05, 4.69) is 21.5 Å². The molecule has 0 atom stereocenters. The third-order valence-corrected chi connectivity index (χ3v) is 6.24. The van der Waals surface area contributed by atoms with Gasteiger partial charge in [-0.15, -0.1) is 11.3 Å². The third-order valence-electron chi connectivity index (χ3n) is 4.35. The zero-order valence-corrected chi connectivity index (χ0v) is 18.1. The summed E-state index contributed by atoms with van der Waals surface area (Å²) in [5.74, 6) is 0.640. The molecular weight excluding hydrogens is 392 g/mol. The van der Waals surface area contributed by atoms with Crippen molar-refractivity contribution in [3.8, 4) is 0 Å². The number of aryl methyl sites for hydroxylation is 1. The minimum Gasteiger partial charge on any atom is -0.383 e. The Hall–Kier alpha value is -2.16. The molecule has 0 N–H and O–H groups in total. The van der Waals surface area contributed by atoms with E-state index in [1.807, 2.05) is 42.6 Å². The smallest absolute Gasteiger partial charge is 0.230 e. The fraction of sp³-hybridized carbons (Fsp3) is 0.350. The third kappa shape index (κ3) is 4.63. The normalized spacial score (nSPS) is 11.0. The lowest BCUT2D eigenvalue weighted by atomic mass is 10.3. The molecule has 0 saturated carbocycles. The number of imidazole rings is 1. The number of thioether (sulfide) groups is 1. The number of amides is 1. The molecule has 0 aliphatic heterocycles. The molecule has 0 spiro atoms. The van der Waals surface area contributed by atoms with E-state index in [9.17, 15) is 4.79 Å². The number of anilines is 2. The summed E-state index contributed by atoms with van der Waals surface area (Å²) >= 11 is 3.13. The summed E-state index contributed by atoms with van der Waals surface area (Å²) in [5, 5.41) is 3.65. The standard InChI is InChI=1S/C20H24N4O2S2/c1-14-15(2)23(10-11-26-4)19(21-14)27-12-17-13-28-20(22-17)24(16(3)25)18-8-6-5-7-9-18/h5-9,13H,10-12H2,1-4H3. The summed E-state index contributed by atoms with van der Waals surface area (Å²) in [5.41, 5.74) is 3.95. The molecule has 0 aliphatic rings. The second kappa shape index (κ2) is 9.36. The number of para-hydroxylation sites is 1. The Morgan fingerprint density at radius 3 is 2.68 bits per heavy atom. The van der Waals surface area contributed by atoms with Crippen LogP contribution in [-0.4, -0.2) is 34.2 Å². The molecule has 0 radical (unpaired) electrons. The number of rotatable bonds is 8. The van der Waals surface area contributed by atoms with Crippen LogP contribution in [-0.2, 0) is 21.8 Å². The molecule has 1 amide bonds. The Morgan fingerprint density at radius 2 is 2.00 bits per heavy atom. The maximum Gasteiger partial charge on any atom is 0.230 e. The van der Waals surface area contributed by atoms with Gasteiger partial charge in [-0.25, -0.2) is 9.97 Å². The molecule has 3 aromatic rings. The van der Waals surface area contributed by atoms with Gasteiger partial charge in [0, 0.05) is 37.4 Å². The molecular formula is C20H24N4O2S2. The number of aromatic nitrogens is 3. The van der Waals surface area contributed by atoms with Gasteiger partial charge in [0.15, 0.2) is 10.3 Å². The average Bonchev–Trinajstić information content (AvgIpc) is 3.24. The van der Waals surface area contributed by atoms with Gasteiger partial charge in [-0.05, 0) is 26.0 Å². The van der Waals surface area contributed by atoms with E-state index in [4.69, 9.17) is 4.74 Å². The number of benzene rings is 1.